The van der Waals surface area contributed by atoms with Crippen molar-refractivity contribution in [3.05, 3.63) is 52.7 Å². The number of piperazine rings is 1. The molecule has 1 fully saturated rings. The van der Waals surface area contributed by atoms with Crippen LogP contribution in [0.3, 0.4) is 0 Å². The Labute approximate surface area is 160 Å². The second-order valence-electron chi connectivity index (χ2n) is 6.68. The van der Waals surface area contributed by atoms with Crippen LogP contribution in [0.15, 0.2) is 47.8 Å². The molecule has 6 heteroatoms. The molecule has 1 saturated heterocycles. The first-order valence-electron chi connectivity index (χ1n) is 9.29. The molecule has 1 aliphatic heterocycles. The summed E-state index contributed by atoms with van der Waals surface area (Å²) in [6.45, 7) is 9.64. The molecule has 0 aliphatic carbocycles. The minimum atomic E-state index is -0.155. The van der Waals surface area contributed by atoms with Crippen molar-refractivity contribution >= 4 is 23.1 Å². The minimum absolute atomic E-state index is 0.0190. The summed E-state index contributed by atoms with van der Waals surface area (Å²) in [7, 11) is 0. The van der Waals surface area contributed by atoms with Crippen LogP contribution in [0.25, 0.3) is 0 Å². The first kappa shape index (κ1) is 18.9. The maximum absolute atomic E-state index is 12.4. The molecule has 1 aromatic heterocycles. The highest BCUT2D eigenvalue weighted by atomic mass is 32.1. The number of hydrogen-bond donors (Lipinski definition) is 2. The number of thiophene rings is 1. The Morgan fingerprint density at radius 1 is 1.12 bits per heavy atom. The van der Waals surface area contributed by atoms with Gasteiger partial charge in [0, 0.05) is 42.8 Å². The number of anilines is 1. The van der Waals surface area contributed by atoms with Crippen LogP contribution in [-0.2, 0) is 0 Å². The first-order chi connectivity index (χ1) is 12.7. The molecule has 0 saturated carbocycles. The Morgan fingerprint density at radius 3 is 2.46 bits per heavy atom. The van der Waals surface area contributed by atoms with Crippen molar-refractivity contribution in [2.75, 3.05) is 38.0 Å². The Kier molecular flexibility index (Phi) is 6.66. The third-order valence-corrected chi connectivity index (χ3v) is 5.89. The van der Waals surface area contributed by atoms with E-state index in [4.69, 9.17) is 0 Å². The van der Waals surface area contributed by atoms with Gasteiger partial charge in [0.05, 0.1) is 6.04 Å². The van der Waals surface area contributed by atoms with Gasteiger partial charge in [0.15, 0.2) is 0 Å². The molecule has 0 radical (unpaired) electrons. The zero-order valence-corrected chi connectivity index (χ0v) is 16.3. The number of amides is 2. The lowest BCUT2D eigenvalue weighted by molar-refractivity contribution is 0.0868. The van der Waals surface area contributed by atoms with Crippen molar-refractivity contribution in [3.8, 4) is 0 Å². The fourth-order valence-electron chi connectivity index (χ4n) is 3.53. The predicted molar refractivity (Wildman–Crippen MR) is 109 cm³/mol. The Balaban J connectivity index is 1.65. The second-order valence-corrected chi connectivity index (χ2v) is 7.66. The van der Waals surface area contributed by atoms with Crippen LogP contribution in [-0.4, -0.2) is 54.6 Å². The molecule has 140 valence electrons. The van der Waals surface area contributed by atoms with Gasteiger partial charge in [-0.3, -0.25) is 4.90 Å². The molecule has 2 atom stereocenters. The highest BCUT2D eigenvalue weighted by molar-refractivity contribution is 7.10. The number of nitrogens with zero attached hydrogens (tertiary/aromatic N) is 2. The van der Waals surface area contributed by atoms with Gasteiger partial charge in [-0.2, -0.15) is 0 Å². The summed E-state index contributed by atoms with van der Waals surface area (Å²) in [6.07, 6.45) is 0. The van der Waals surface area contributed by atoms with E-state index in [1.807, 2.05) is 30.3 Å². The number of carbonyl (C=O) groups excluding carboxylic acids is 1. The molecule has 26 heavy (non-hydrogen) atoms. The summed E-state index contributed by atoms with van der Waals surface area (Å²) in [5.41, 5.74) is 0.807. The van der Waals surface area contributed by atoms with Crippen LogP contribution in [0.5, 0.6) is 0 Å². The van der Waals surface area contributed by atoms with Crippen molar-refractivity contribution < 1.29 is 4.79 Å². The average Bonchev–Trinajstić information content (AvgIpc) is 3.17. The van der Waals surface area contributed by atoms with Crippen LogP contribution in [0.2, 0.25) is 0 Å². The lowest BCUT2D eigenvalue weighted by atomic mass is 10.0. The van der Waals surface area contributed by atoms with E-state index < -0.39 is 0 Å². The van der Waals surface area contributed by atoms with Crippen LogP contribution in [0.1, 0.15) is 24.8 Å². The van der Waals surface area contributed by atoms with Gasteiger partial charge >= 0.3 is 6.03 Å². The van der Waals surface area contributed by atoms with Crippen molar-refractivity contribution in [2.24, 2.45) is 0 Å². The molecule has 5 nitrogen and oxygen atoms in total. The number of carbonyl (C=O) groups is 1. The van der Waals surface area contributed by atoms with Crippen molar-refractivity contribution in [1.29, 1.82) is 0 Å². The summed E-state index contributed by atoms with van der Waals surface area (Å²) >= 11 is 1.76. The summed E-state index contributed by atoms with van der Waals surface area (Å²) in [4.78, 5) is 18.7. The largest absolute Gasteiger partial charge is 0.333 e. The van der Waals surface area contributed by atoms with Gasteiger partial charge in [0.2, 0.25) is 0 Å². The van der Waals surface area contributed by atoms with E-state index >= 15 is 0 Å². The number of urea groups is 1. The van der Waals surface area contributed by atoms with Gasteiger partial charge in [-0.15, -0.1) is 11.3 Å². The summed E-state index contributed by atoms with van der Waals surface area (Å²) in [5, 5.41) is 8.17. The lowest BCUT2D eigenvalue weighted by Gasteiger charge is -2.41. The highest BCUT2D eigenvalue weighted by Gasteiger charge is 2.30. The predicted octanol–water partition coefficient (Wildman–Crippen LogP) is 3.64. The fourth-order valence-corrected chi connectivity index (χ4v) is 4.50. The average molecular weight is 373 g/mol. The van der Waals surface area contributed by atoms with E-state index in [9.17, 15) is 4.79 Å². The quantitative estimate of drug-likeness (QED) is 0.814. The molecule has 2 heterocycles. The molecule has 0 bridgehead atoms. The number of likely N-dealkylation sites (N-methyl/N-ethyl adjacent to an activating group) is 1. The van der Waals surface area contributed by atoms with Crippen LogP contribution < -0.4 is 10.6 Å². The van der Waals surface area contributed by atoms with Crippen LogP contribution in [0, 0.1) is 0 Å². The van der Waals surface area contributed by atoms with Gasteiger partial charge in [-0.05, 0) is 37.0 Å². The van der Waals surface area contributed by atoms with Gasteiger partial charge in [0.1, 0.15) is 0 Å². The SMILES string of the molecule is CCN1CCN([C@@H](c2cccs2)[C@H](C)NC(=O)Nc2ccccc2)CC1. The third-order valence-electron chi connectivity index (χ3n) is 4.95. The van der Waals surface area contributed by atoms with E-state index in [-0.39, 0.29) is 18.1 Å². The van der Waals surface area contributed by atoms with Gasteiger partial charge in [-0.1, -0.05) is 31.2 Å². The molecule has 1 aliphatic rings. The number of nitrogens with one attached hydrogen (secondary N) is 2. The monoisotopic (exact) mass is 372 g/mol. The fraction of sp³-hybridized carbons (Fsp3) is 0.450. The maximum Gasteiger partial charge on any atom is 0.319 e. The molecular weight excluding hydrogens is 344 g/mol. The highest BCUT2D eigenvalue weighted by Crippen LogP contribution is 2.29. The molecule has 2 aromatic rings. The van der Waals surface area contributed by atoms with E-state index in [0.717, 1.165) is 38.4 Å². The van der Waals surface area contributed by atoms with Crippen molar-refractivity contribution in [1.82, 2.24) is 15.1 Å². The second kappa shape index (κ2) is 9.16. The van der Waals surface area contributed by atoms with Gasteiger partial charge in [-0.25, -0.2) is 4.79 Å². The Hall–Kier alpha value is -1.89. The number of hydrogen-bond acceptors (Lipinski definition) is 4. The number of benzene rings is 1. The lowest BCUT2D eigenvalue weighted by Crippen LogP contribution is -2.52. The van der Waals surface area contributed by atoms with E-state index in [1.54, 1.807) is 11.3 Å². The third kappa shape index (κ3) is 4.84. The molecule has 2 amide bonds. The zero-order chi connectivity index (χ0) is 18.4. The van der Waals surface area contributed by atoms with Crippen LogP contribution >= 0.6 is 11.3 Å². The van der Waals surface area contributed by atoms with Crippen molar-refractivity contribution in [3.63, 3.8) is 0 Å². The van der Waals surface area contributed by atoms with E-state index in [2.05, 4.69) is 51.8 Å². The van der Waals surface area contributed by atoms with Crippen molar-refractivity contribution in [2.45, 2.75) is 25.9 Å². The van der Waals surface area contributed by atoms with E-state index in [1.165, 1.54) is 4.88 Å². The number of rotatable bonds is 6. The van der Waals surface area contributed by atoms with Gasteiger partial charge < -0.3 is 15.5 Å². The Bertz CT molecular complexity index is 668. The topological polar surface area (TPSA) is 47.6 Å². The summed E-state index contributed by atoms with van der Waals surface area (Å²) < 4.78 is 0. The van der Waals surface area contributed by atoms with Crippen LogP contribution in [0.4, 0.5) is 10.5 Å². The first-order valence-corrected chi connectivity index (χ1v) is 10.2. The Morgan fingerprint density at radius 2 is 1.85 bits per heavy atom. The normalized spacial score (nSPS) is 18.2. The summed E-state index contributed by atoms with van der Waals surface area (Å²) in [6, 6.07) is 13.9. The van der Waals surface area contributed by atoms with Gasteiger partial charge in [0.25, 0.3) is 0 Å². The van der Waals surface area contributed by atoms with E-state index in [0.29, 0.717) is 0 Å². The summed E-state index contributed by atoms with van der Waals surface area (Å²) in [5.74, 6) is 0. The molecule has 3 rings (SSSR count). The number of para-hydroxylation sites is 1. The standard InChI is InChI=1S/C20H28N4OS/c1-3-23-11-13-24(14-12-23)19(18-10-7-15-26-18)16(2)21-20(25)22-17-8-5-4-6-9-17/h4-10,15-16,19H,3,11-14H2,1-2H3,(H2,21,22,25)/t16-,19+/m0/s1. The molecule has 2 N–H and O–H groups in total. The molecule has 0 spiro atoms. The molecule has 0 unspecified atom stereocenters. The smallest absolute Gasteiger partial charge is 0.319 e. The maximum atomic E-state index is 12.4. The molecule has 1 aromatic carbocycles. The minimum Gasteiger partial charge on any atom is -0.333 e. The molecular formula is C20H28N4OS. The zero-order valence-electron chi connectivity index (χ0n) is 15.5.